The summed E-state index contributed by atoms with van der Waals surface area (Å²) >= 11 is 0. The van der Waals surface area contributed by atoms with Crippen molar-refractivity contribution in [1.29, 1.82) is 0 Å². The number of likely N-dealkylation sites (N-methyl/N-ethyl adjacent to an activating group) is 1. The second kappa shape index (κ2) is 4.50. The first kappa shape index (κ1) is 8.72. The first-order valence-electron chi connectivity index (χ1n) is 4.49. The normalized spacial score (nSPS) is 16.8. The molecule has 1 saturated carbocycles. The van der Waals surface area contributed by atoms with Crippen LogP contribution in [0.2, 0.25) is 0 Å². The van der Waals surface area contributed by atoms with Gasteiger partial charge in [0.05, 0.1) is 6.54 Å². The number of nitrogens with one attached hydrogen (secondary N) is 1. The minimum atomic E-state index is 0.355. The van der Waals surface area contributed by atoms with Crippen LogP contribution in [0.15, 0.2) is 0 Å². The molecule has 0 saturated heterocycles. The third kappa shape index (κ3) is 4.14. The standard InChI is InChI=1S/C9H17NO/c1-10-7-9(11)4-2-3-8-5-6-8/h8,10H,2-7H2,1H3. The molecule has 1 rings (SSSR count). The molecule has 2 heteroatoms. The van der Waals surface area contributed by atoms with Gasteiger partial charge in [0.15, 0.2) is 0 Å². The van der Waals surface area contributed by atoms with E-state index in [0.717, 1.165) is 18.8 Å². The lowest BCUT2D eigenvalue weighted by Crippen LogP contribution is -2.17. The van der Waals surface area contributed by atoms with E-state index in [1.807, 2.05) is 7.05 Å². The van der Waals surface area contributed by atoms with Crippen LogP contribution in [0, 0.1) is 5.92 Å². The molecule has 0 aromatic heterocycles. The number of hydrogen-bond acceptors (Lipinski definition) is 2. The molecule has 1 aliphatic rings. The molecule has 0 unspecified atom stereocenters. The Morgan fingerprint density at radius 1 is 1.55 bits per heavy atom. The Bertz CT molecular complexity index is 130. The van der Waals surface area contributed by atoms with Crippen LogP contribution in [0.3, 0.4) is 0 Å². The molecule has 0 aromatic rings. The fraction of sp³-hybridized carbons (Fsp3) is 0.889. The van der Waals surface area contributed by atoms with Gasteiger partial charge in [-0.1, -0.05) is 19.3 Å². The molecule has 2 nitrogen and oxygen atoms in total. The summed E-state index contributed by atoms with van der Waals surface area (Å²) in [7, 11) is 1.82. The van der Waals surface area contributed by atoms with Crippen LogP contribution < -0.4 is 5.32 Å². The van der Waals surface area contributed by atoms with Crippen molar-refractivity contribution >= 4 is 5.78 Å². The van der Waals surface area contributed by atoms with Crippen LogP contribution in [0.4, 0.5) is 0 Å². The van der Waals surface area contributed by atoms with Crippen LogP contribution in [0.1, 0.15) is 32.1 Å². The molecule has 0 radical (unpaired) electrons. The Hall–Kier alpha value is -0.370. The van der Waals surface area contributed by atoms with Crippen molar-refractivity contribution in [2.45, 2.75) is 32.1 Å². The minimum absolute atomic E-state index is 0.355. The maximum Gasteiger partial charge on any atom is 0.146 e. The van der Waals surface area contributed by atoms with E-state index in [0.29, 0.717) is 12.3 Å². The fourth-order valence-corrected chi connectivity index (χ4v) is 1.28. The molecule has 0 bridgehead atoms. The van der Waals surface area contributed by atoms with E-state index >= 15 is 0 Å². The molecule has 11 heavy (non-hydrogen) atoms. The monoisotopic (exact) mass is 155 g/mol. The summed E-state index contributed by atoms with van der Waals surface area (Å²) in [5, 5.41) is 2.87. The molecular formula is C9H17NO. The summed E-state index contributed by atoms with van der Waals surface area (Å²) in [5.74, 6) is 1.32. The molecular weight excluding hydrogens is 138 g/mol. The van der Waals surface area contributed by atoms with Crippen LogP contribution >= 0.6 is 0 Å². The highest BCUT2D eigenvalue weighted by atomic mass is 16.1. The lowest BCUT2D eigenvalue weighted by molar-refractivity contribution is -0.118. The second-order valence-electron chi connectivity index (χ2n) is 3.40. The smallest absolute Gasteiger partial charge is 0.146 e. The van der Waals surface area contributed by atoms with Gasteiger partial charge in [-0.05, 0) is 19.4 Å². The molecule has 0 heterocycles. The zero-order valence-electron chi connectivity index (χ0n) is 7.23. The van der Waals surface area contributed by atoms with Gasteiger partial charge in [0.2, 0.25) is 0 Å². The Labute approximate surface area is 68.4 Å². The quantitative estimate of drug-likeness (QED) is 0.627. The third-order valence-electron chi connectivity index (χ3n) is 2.14. The Morgan fingerprint density at radius 2 is 2.27 bits per heavy atom. The Kier molecular flexibility index (Phi) is 3.57. The van der Waals surface area contributed by atoms with Crippen LogP contribution in [-0.4, -0.2) is 19.4 Å². The number of Topliss-reactive ketones (excluding diaryl/α,β-unsaturated/α-hetero) is 1. The van der Waals surface area contributed by atoms with Gasteiger partial charge in [0, 0.05) is 6.42 Å². The average molecular weight is 155 g/mol. The zero-order valence-corrected chi connectivity index (χ0v) is 7.23. The van der Waals surface area contributed by atoms with Crippen molar-refractivity contribution < 1.29 is 4.79 Å². The predicted molar refractivity (Wildman–Crippen MR) is 45.5 cm³/mol. The van der Waals surface area contributed by atoms with E-state index in [1.165, 1.54) is 19.3 Å². The van der Waals surface area contributed by atoms with E-state index in [4.69, 9.17) is 0 Å². The fourth-order valence-electron chi connectivity index (χ4n) is 1.28. The molecule has 1 fully saturated rings. The highest BCUT2D eigenvalue weighted by molar-refractivity contribution is 5.80. The summed E-state index contributed by atoms with van der Waals surface area (Å²) in [6.45, 7) is 0.546. The van der Waals surface area contributed by atoms with Crippen LogP contribution in [-0.2, 0) is 4.79 Å². The zero-order chi connectivity index (χ0) is 8.10. The van der Waals surface area contributed by atoms with Gasteiger partial charge in [0.1, 0.15) is 5.78 Å². The second-order valence-corrected chi connectivity index (χ2v) is 3.40. The van der Waals surface area contributed by atoms with Crippen molar-refractivity contribution in [3.8, 4) is 0 Å². The van der Waals surface area contributed by atoms with E-state index in [-0.39, 0.29) is 0 Å². The maximum atomic E-state index is 11.0. The first-order chi connectivity index (χ1) is 5.33. The number of ketones is 1. The number of carbonyl (C=O) groups is 1. The van der Waals surface area contributed by atoms with Crippen molar-refractivity contribution in [2.75, 3.05) is 13.6 Å². The van der Waals surface area contributed by atoms with E-state index in [1.54, 1.807) is 0 Å². The molecule has 0 aliphatic heterocycles. The molecule has 1 aliphatic carbocycles. The van der Waals surface area contributed by atoms with Gasteiger partial charge in [-0.15, -0.1) is 0 Å². The van der Waals surface area contributed by atoms with Gasteiger partial charge in [-0.3, -0.25) is 4.79 Å². The van der Waals surface area contributed by atoms with Gasteiger partial charge in [0.25, 0.3) is 0 Å². The van der Waals surface area contributed by atoms with Gasteiger partial charge in [-0.25, -0.2) is 0 Å². The Balaban J connectivity index is 1.88. The number of hydrogen-bond donors (Lipinski definition) is 1. The van der Waals surface area contributed by atoms with E-state index < -0.39 is 0 Å². The predicted octanol–water partition coefficient (Wildman–Crippen LogP) is 1.36. The summed E-state index contributed by atoms with van der Waals surface area (Å²) in [4.78, 5) is 11.0. The number of carbonyl (C=O) groups excluding carboxylic acids is 1. The van der Waals surface area contributed by atoms with Crippen molar-refractivity contribution in [1.82, 2.24) is 5.32 Å². The lowest BCUT2D eigenvalue weighted by Gasteiger charge is -1.98. The third-order valence-corrected chi connectivity index (χ3v) is 2.14. The maximum absolute atomic E-state index is 11.0. The minimum Gasteiger partial charge on any atom is -0.313 e. The molecule has 1 N–H and O–H groups in total. The summed E-state index contributed by atoms with van der Waals surface area (Å²) in [6, 6.07) is 0. The highest BCUT2D eigenvalue weighted by Crippen LogP contribution is 2.33. The SMILES string of the molecule is CNCC(=O)CCCC1CC1. The van der Waals surface area contributed by atoms with Gasteiger partial charge < -0.3 is 5.32 Å². The van der Waals surface area contributed by atoms with Crippen LogP contribution in [0.25, 0.3) is 0 Å². The topological polar surface area (TPSA) is 29.1 Å². The summed E-state index contributed by atoms with van der Waals surface area (Å²) < 4.78 is 0. The molecule has 64 valence electrons. The average Bonchev–Trinajstić information content (AvgIpc) is 2.72. The van der Waals surface area contributed by atoms with Crippen molar-refractivity contribution in [3.63, 3.8) is 0 Å². The largest absolute Gasteiger partial charge is 0.313 e. The van der Waals surface area contributed by atoms with Crippen LogP contribution in [0.5, 0.6) is 0 Å². The Morgan fingerprint density at radius 3 is 2.82 bits per heavy atom. The van der Waals surface area contributed by atoms with Crippen molar-refractivity contribution in [3.05, 3.63) is 0 Å². The van der Waals surface area contributed by atoms with E-state index in [9.17, 15) is 4.79 Å². The molecule has 0 spiro atoms. The molecule has 0 atom stereocenters. The van der Waals surface area contributed by atoms with Gasteiger partial charge >= 0.3 is 0 Å². The molecule has 0 aromatic carbocycles. The van der Waals surface area contributed by atoms with Gasteiger partial charge in [-0.2, -0.15) is 0 Å². The number of rotatable bonds is 6. The summed E-state index contributed by atoms with van der Waals surface area (Å²) in [5.41, 5.74) is 0. The first-order valence-corrected chi connectivity index (χ1v) is 4.49. The summed E-state index contributed by atoms with van der Waals surface area (Å²) in [6.07, 6.45) is 5.96. The highest BCUT2D eigenvalue weighted by Gasteiger charge is 2.20. The van der Waals surface area contributed by atoms with E-state index in [2.05, 4.69) is 5.32 Å². The van der Waals surface area contributed by atoms with Crippen molar-refractivity contribution in [2.24, 2.45) is 5.92 Å². The lowest BCUT2D eigenvalue weighted by atomic mass is 10.1. The molecule has 0 amide bonds.